The fourth-order valence-electron chi connectivity index (χ4n) is 3.76. The molecular weight excluding hydrogens is 352 g/mol. The monoisotopic (exact) mass is 378 g/mol. The van der Waals surface area contributed by atoms with Crippen LogP contribution in [0.2, 0.25) is 0 Å². The first-order valence-electron chi connectivity index (χ1n) is 9.91. The van der Waals surface area contributed by atoms with Gasteiger partial charge in [-0.15, -0.1) is 0 Å². The maximum Gasteiger partial charge on any atom is 0.238 e. The number of aromatic nitrogens is 1. The van der Waals surface area contributed by atoms with E-state index in [1.165, 1.54) is 5.56 Å². The average molecular weight is 378 g/mol. The Morgan fingerprint density at radius 2 is 1.68 bits per heavy atom. The number of benzene rings is 1. The Balaban J connectivity index is 1.29. The third-order valence-corrected chi connectivity index (χ3v) is 5.66. The van der Waals surface area contributed by atoms with Gasteiger partial charge in [-0.1, -0.05) is 36.4 Å². The van der Waals surface area contributed by atoms with Crippen molar-refractivity contribution in [2.75, 3.05) is 26.2 Å². The molecule has 1 aliphatic carbocycles. The van der Waals surface area contributed by atoms with Crippen LogP contribution in [0.15, 0.2) is 54.7 Å². The topological polar surface area (TPSA) is 65.5 Å². The molecule has 4 rings (SSSR count). The van der Waals surface area contributed by atoms with Gasteiger partial charge in [0, 0.05) is 38.9 Å². The molecule has 6 heteroatoms. The molecule has 0 atom stereocenters. The van der Waals surface area contributed by atoms with Crippen LogP contribution in [0.25, 0.3) is 0 Å². The van der Waals surface area contributed by atoms with Gasteiger partial charge in [-0.3, -0.25) is 19.5 Å². The first-order chi connectivity index (χ1) is 13.7. The van der Waals surface area contributed by atoms with E-state index in [-0.39, 0.29) is 11.8 Å². The van der Waals surface area contributed by atoms with E-state index in [0.29, 0.717) is 32.5 Å². The van der Waals surface area contributed by atoms with Crippen LogP contribution in [0.5, 0.6) is 0 Å². The van der Waals surface area contributed by atoms with Gasteiger partial charge < -0.3 is 10.2 Å². The van der Waals surface area contributed by atoms with Crippen LogP contribution in [0, 0.1) is 5.41 Å². The minimum atomic E-state index is -0.851. The van der Waals surface area contributed by atoms with Crippen molar-refractivity contribution in [1.82, 2.24) is 20.1 Å². The molecule has 1 N–H and O–H groups in total. The molecule has 1 saturated heterocycles. The fraction of sp³-hybridized carbons (Fsp3) is 0.409. The van der Waals surface area contributed by atoms with Crippen LogP contribution in [-0.2, 0) is 22.7 Å². The van der Waals surface area contributed by atoms with Gasteiger partial charge in [0.15, 0.2) is 0 Å². The van der Waals surface area contributed by atoms with Gasteiger partial charge in [0.1, 0.15) is 5.41 Å². The minimum Gasteiger partial charge on any atom is -0.350 e. The molecule has 1 aromatic heterocycles. The summed E-state index contributed by atoms with van der Waals surface area (Å²) in [5.41, 5.74) is 1.24. The van der Waals surface area contributed by atoms with E-state index in [1.807, 2.05) is 29.2 Å². The van der Waals surface area contributed by atoms with Gasteiger partial charge in [-0.05, 0) is 30.5 Å². The van der Waals surface area contributed by atoms with Crippen LogP contribution in [-0.4, -0.2) is 52.8 Å². The van der Waals surface area contributed by atoms with E-state index in [2.05, 4.69) is 39.5 Å². The molecule has 6 nitrogen and oxygen atoms in total. The summed E-state index contributed by atoms with van der Waals surface area (Å²) in [4.78, 5) is 34.2. The molecule has 146 valence electrons. The number of nitrogens with one attached hydrogen (secondary N) is 1. The Morgan fingerprint density at radius 3 is 2.32 bits per heavy atom. The second-order valence-electron chi connectivity index (χ2n) is 7.64. The van der Waals surface area contributed by atoms with E-state index < -0.39 is 5.41 Å². The molecular formula is C22H26N4O2. The highest BCUT2D eigenvalue weighted by Crippen LogP contribution is 2.47. The van der Waals surface area contributed by atoms with Crippen molar-refractivity contribution < 1.29 is 9.59 Å². The molecule has 1 aromatic carbocycles. The summed E-state index contributed by atoms with van der Waals surface area (Å²) in [6, 6.07) is 16.0. The number of rotatable bonds is 6. The van der Waals surface area contributed by atoms with Crippen LogP contribution in [0.1, 0.15) is 24.1 Å². The summed E-state index contributed by atoms with van der Waals surface area (Å²) in [5.74, 6) is -0.166. The molecule has 2 aliphatic rings. The van der Waals surface area contributed by atoms with Gasteiger partial charge >= 0.3 is 0 Å². The van der Waals surface area contributed by atoms with Crippen molar-refractivity contribution in [3.8, 4) is 0 Å². The highest BCUT2D eigenvalue weighted by Gasteiger charge is 2.58. The quantitative estimate of drug-likeness (QED) is 0.779. The molecule has 2 fully saturated rings. The molecule has 0 radical (unpaired) electrons. The van der Waals surface area contributed by atoms with Crippen molar-refractivity contribution in [3.05, 3.63) is 66.0 Å². The lowest BCUT2D eigenvalue weighted by molar-refractivity contribution is -0.145. The molecule has 0 bridgehead atoms. The molecule has 1 saturated carbocycles. The molecule has 1 aliphatic heterocycles. The van der Waals surface area contributed by atoms with E-state index in [1.54, 1.807) is 6.20 Å². The number of pyridine rings is 1. The zero-order chi connectivity index (χ0) is 19.4. The van der Waals surface area contributed by atoms with Gasteiger partial charge in [0.05, 0.1) is 12.2 Å². The fourth-order valence-corrected chi connectivity index (χ4v) is 3.76. The number of carbonyl (C=O) groups is 2. The van der Waals surface area contributed by atoms with Crippen molar-refractivity contribution >= 4 is 11.8 Å². The molecule has 2 aromatic rings. The first kappa shape index (κ1) is 18.6. The zero-order valence-electron chi connectivity index (χ0n) is 16.0. The van der Waals surface area contributed by atoms with E-state index in [4.69, 9.17) is 0 Å². The number of hydrogen-bond acceptors (Lipinski definition) is 4. The highest BCUT2D eigenvalue weighted by atomic mass is 16.2. The van der Waals surface area contributed by atoms with Crippen LogP contribution in [0.3, 0.4) is 0 Å². The number of hydrogen-bond donors (Lipinski definition) is 1. The predicted molar refractivity (Wildman–Crippen MR) is 106 cm³/mol. The Bertz CT molecular complexity index is 813. The summed E-state index contributed by atoms with van der Waals surface area (Å²) < 4.78 is 0. The summed E-state index contributed by atoms with van der Waals surface area (Å²) in [5, 5.41) is 2.90. The normalized spacial score (nSPS) is 18.5. The smallest absolute Gasteiger partial charge is 0.238 e. The van der Waals surface area contributed by atoms with Crippen molar-refractivity contribution in [1.29, 1.82) is 0 Å². The Hall–Kier alpha value is -2.73. The van der Waals surface area contributed by atoms with Crippen LogP contribution >= 0.6 is 0 Å². The lowest BCUT2D eigenvalue weighted by atomic mass is 10.0. The minimum absolute atomic E-state index is 0.00891. The first-order valence-corrected chi connectivity index (χ1v) is 9.91. The average Bonchev–Trinajstić information content (AvgIpc) is 3.56. The SMILES string of the molecule is O=C(NCc1ccccn1)C1(C(=O)N2CCN(Cc3ccccc3)CC2)CC1. The third-order valence-electron chi connectivity index (χ3n) is 5.66. The number of piperazine rings is 1. The molecule has 2 amide bonds. The number of carbonyl (C=O) groups excluding carboxylic acids is 2. The highest BCUT2D eigenvalue weighted by molar-refractivity contribution is 6.07. The predicted octanol–water partition coefficient (Wildman–Crippen LogP) is 1.82. The summed E-state index contributed by atoms with van der Waals surface area (Å²) in [6.07, 6.45) is 2.99. The summed E-state index contributed by atoms with van der Waals surface area (Å²) >= 11 is 0. The lowest BCUT2D eigenvalue weighted by Crippen LogP contribution is -2.52. The van der Waals surface area contributed by atoms with Crippen LogP contribution < -0.4 is 5.32 Å². The van der Waals surface area contributed by atoms with Gasteiger partial charge in [0.25, 0.3) is 0 Å². The number of amides is 2. The van der Waals surface area contributed by atoms with E-state index in [9.17, 15) is 9.59 Å². The molecule has 28 heavy (non-hydrogen) atoms. The van der Waals surface area contributed by atoms with Gasteiger partial charge in [0.2, 0.25) is 11.8 Å². The standard InChI is InChI=1S/C22H26N4O2/c27-20(24-16-19-8-4-5-11-23-19)22(9-10-22)21(28)26-14-12-25(13-15-26)17-18-6-2-1-3-7-18/h1-8,11H,9-10,12-17H2,(H,24,27). The largest absolute Gasteiger partial charge is 0.350 e. The molecule has 2 heterocycles. The lowest BCUT2D eigenvalue weighted by Gasteiger charge is -2.36. The van der Waals surface area contributed by atoms with Crippen molar-refractivity contribution in [3.63, 3.8) is 0 Å². The Labute approximate surface area is 165 Å². The van der Waals surface area contributed by atoms with E-state index >= 15 is 0 Å². The zero-order valence-corrected chi connectivity index (χ0v) is 16.0. The molecule has 0 spiro atoms. The van der Waals surface area contributed by atoms with Crippen molar-refractivity contribution in [2.45, 2.75) is 25.9 Å². The third kappa shape index (κ3) is 4.07. The maximum atomic E-state index is 13.0. The Morgan fingerprint density at radius 1 is 0.964 bits per heavy atom. The number of nitrogens with zero attached hydrogens (tertiary/aromatic N) is 3. The molecule has 0 unspecified atom stereocenters. The summed E-state index contributed by atoms with van der Waals surface area (Å²) in [6.45, 7) is 4.30. The van der Waals surface area contributed by atoms with Gasteiger partial charge in [-0.2, -0.15) is 0 Å². The maximum absolute atomic E-state index is 13.0. The second kappa shape index (κ2) is 8.10. The van der Waals surface area contributed by atoms with Crippen LogP contribution in [0.4, 0.5) is 0 Å². The van der Waals surface area contributed by atoms with E-state index in [0.717, 1.165) is 25.3 Å². The second-order valence-corrected chi connectivity index (χ2v) is 7.64. The summed E-state index contributed by atoms with van der Waals surface area (Å²) in [7, 11) is 0. The van der Waals surface area contributed by atoms with Crippen molar-refractivity contribution in [2.24, 2.45) is 5.41 Å². The Kier molecular flexibility index (Phi) is 5.39. The van der Waals surface area contributed by atoms with Gasteiger partial charge in [-0.25, -0.2) is 0 Å².